The van der Waals surface area contributed by atoms with E-state index in [9.17, 15) is 14.0 Å². The predicted octanol–water partition coefficient (Wildman–Crippen LogP) is 4.33. The number of benzene rings is 2. The Balaban J connectivity index is 1.62. The summed E-state index contributed by atoms with van der Waals surface area (Å²) >= 11 is 0. The normalized spacial score (nSPS) is 10.4. The summed E-state index contributed by atoms with van der Waals surface area (Å²) in [6.45, 7) is 1.98. The third kappa shape index (κ3) is 5.01. The summed E-state index contributed by atoms with van der Waals surface area (Å²) in [7, 11) is 0. The maximum absolute atomic E-state index is 13.7. The van der Waals surface area contributed by atoms with Crippen LogP contribution in [0.5, 0.6) is 0 Å². The van der Waals surface area contributed by atoms with Gasteiger partial charge in [0.15, 0.2) is 5.78 Å². The maximum atomic E-state index is 13.7. The molecule has 2 aromatic carbocycles. The third-order valence-corrected chi connectivity index (χ3v) is 4.21. The van der Waals surface area contributed by atoms with Gasteiger partial charge in [-0.3, -0.25) is 14.6 Å². The van der Waals surface area contributed by atoms with Gasteiger partial charge in [0, 0.05) is 30.2 Å². The predicted molar refractivity (Wildman–Crippen MR) is 107 cm³/mol. The first-order chi connectivity index (χ1) is 13.5. The van der Waals surface area contributed by atoms with Crippen molar-refractivity contribution in [3.05, 3.63) is 89.5 Å². The summed E-state index contributed by atoms with van der Waals surface area (Å²) in [5.41, 5.74) is 2.74. The highest BCUT2D eigenvalue weighted by Crippen LogP contribution is 2.15. The number of pyridine rings is 1. The van der Waals surface area contributed by atoms with Gasteiger partial charge in [-0.25, -0.2) is 4.39 Å². The van der Waals surface area contributed by atoms with Crippen molar-refractivity contribution >= 4 is 23.1 Å². The van der Waals surface area contributed by atoms with Crippen molar-refractivity contribution in [2.45, 2.75) is 13.3 Å². The lowest BCUT2D eigenvalue weighted by atomic mass is 10.1. The number of carbonyl (C=O) groups is 2. The van der Waals surface area contributed by atoms with Crippen LogP contribution in [0.1, 0.15) is 33.2 Å². The first-order valence-corrected chi connectivity index (χ1v) is 8.87. The largest absolute Gasteiger partial charge is 0.383 e. The van der Waals surface area contributed by atoms with Gasteiger partial charge in [0.05, 0.1) is 11.3 Å². The van der Waals surface area contributed by atoms with Gasteiger partial charge in [-0.2, -0.15) is 0 Å². The number of anilines is 2. The number of Topliss-reactive ketones (excluding diaryl/α,β-unsaturated/α-hetero) is 1. The van der Waals surface area contributed by atoms with E-state index in [4.69, 9.17) is 0 Å². The maximum Gasteiger partial charge on any atom is 0.257 e. The van der Waals surface area contributed by atoms with Crippen molar-refractivity contribution in [3.8, 4) is 0 Å². The molecule has 0 aliphatic heterocycles. The number of amides is 1. The molecule has 0 saturated heterocycles. The molecule has 0 bridgehead atoms. The van der Waals surface area contributed by atoms with E-state index in [1.165, 1.54) is 19.2 Å². The summed E-state index contributed by atoms with van der Waals surface area (Å²) in [4.78, 5) is 28.0. The molecule has 0 fully saturated rings. The van der Waals surface area contributed by atoms with E-state index in [1.807, 2.05) is 0 Å². The van der Waals surface area contributed by atoms with E-state index in [0.717, 1.165) is 0 Å². The van der Waals surface area contributed by atoms with Crippen LogP contribution in [0.3, 0.4) is 0 Å². The second kappa shape index (κ2) is 8.90. The molecule has 5 nitrogen and oxygen atoms in total. The van der Waals surface area contributed by atoms with Crippen molar-refractivity contribution in [1.29, 1.82) is 0 Å². The summed E-state index contributed by atoms with van der Waals surface area (Å²) in [6.07, 6.45) is 3.58. The number of rotatable bonds is 7. The Kier molecular flexibility index (Phi) is 6.11. The second-order valence-corrected chi connectivity index (χ2v) is 6.32. The zero-order chi connectivity index (χ0) is 19.9. The summed E-state index contributed by atoms with van der Waals surface area (Å²) < 4.78 is 13.7. The van der Waals surface area contributed by atoms with E-state index in [1.54, 1.807) is 54.7 Å². The summed E-state index contributed by atoms with van der Waals surface area (Å²) in [6, 6.07) is 15.1. The first kappa shape index (κ1) is 19.2. The number of carbonyl (C=O) groups excluding carboxylic acids is 2. The highest BCUT2D eigenvalue weighted by Gasteiger charge is 2.09. The molecule has 3 rings (SSSR count). The molecule has 2 N–H and O–H groups in total. The Bertz CT molecular complexity index is 1000. The average Bonchev–Trinajstić information content (AvgIpc) is 2.70. The van der Waals surface area contributed by atoms with E-state index in [0.29, 0.717) is 41.0 Å². The first-order valence-electron chi connectivity index (χ1n) is 8.87. The number of aromatic nitrogens is 1. The average molecular weight is 377 g/mol. The molecule has 0 aliphatic rings. The fourth-order valence-corrected chi connectivity index (χ4v) is 2.72. The highest BCUT2D eigenvalue weighted by molar-refractivity contribution is 6.05. The van der Waals surface area contributed by atoms with Crippen LogP contribution in [0, 0.1) is 5.82 Å². The SMILES string of the molecule is CC(=O)c1cccc(NC(=O)c2cncc(NCCc3ccccc3F)c2)c1. The van der Waals surface area contributed by atoms with Gasteiger partial charge in [0.2, 0.25) is 0 Å². The Hall–Kier alpha value is -3.54. The Labute approximate surface area is 162 Å². The molecule has 28 heavy (non-hydrogen) atoms. The van der Waals surface area contributed by atoms with Crippen LogP contribution in [0.2, 0.25) is 0 Å². The van der Waals surface area contributed by atoms with Gasteiger partial charge in [0.1, 0.15) is 5.82 Å². The smallest absolute Gasteiger partial charge is 0.257 e. The van der Waals surface area contributed by atoms with Crippen LogP contribution in [-0.2, 0) is 6.42 Å². The van der Waals surface area contributed by atoms with Crippen molar-refractivity contribution in [1.82, 2.24) is 4.98 Å². The zero-order valence-corrected chi connectivity index (χ0v) is 15.4. The zero-order valence-electron chi connectivity index (χ0n) is 15.4. The Morgan fingerprint density at radius 2 is 1.75 bits per heavy atom. The van der Waals surface area contributed by atoms with Gasteiger partial charge < -0.3 is 10.6 Å². The quantitative estimate of drug-likeness (QED) is 0.601. The minimum Gasteiger partial charge on any atom is -0.383 e. The molecule has 0 radical (unpaired) electrons. The Morgan fingerprint density at radius 1 is 0.964 bits per heavy atom. The fraction of sp³-hybridized carbons (Fsp3) is 0.136. The topological polar surface area (TPSA) is 71.1 Å². The minimum atomic E-state index is -0.328. The van der Waals surface area contributed by atoms with Crippen LogP contribution in [0.25, 0.3) is 0 Å². The number of nitrogens with zero attached hydrogens (tertiary/aromatic N) is 1. The highest BCUT2D eigenvalue weighted by atomic mass is 19.1. The van der Waals surface area contributed by atoms with Crippen LogP contribution in [0.4, 0.5) is 15.8 Å². The van der Waals surface area contributed by atoms with Gasteiger partial charge in [0.25, 0.3) is 5.91 Å². The van der Waals surface area contributed by atoms with Crippen LogP contribution < -0.4 is 10.6 Å². The van der Waals surface area contributed by atoms with Gasteiger partial charge in [-0.1, -0.05) is 30.3 Å². The van der Waals surface area contributed by atoms with Gasteiger partial charge in [-0.05, 0) is 43.2 Å². The lowest BCUT2D eigenvalue weighted by molar-refractivity contribution is 0.101. The molecule has 0 saturated carbocycles. The molecule has 0 spiro atoms. The molecule has 0 aliphatic carbocycles. The molecular weight excluding hydrogens is 357 g/mol. The van der Waals surface area contributed by atoms with E-state index >= 15 is 0 Å². The van der Waals surface area contributed by atoms with Gasteiger partial charge in [-0.15, -0.1) is 0 Å². The number of nitrogens with one attached hydrogen (secondary N) is 2. The van der Waals surface area contributed by atoms with Crippen LogP contribution >= 0.6 is 0 Å². The number of hydrogen-bond acceptors (Lipinski definition) is 4. The van der Waals surface area contributed by atoms with Crippen molar-refractivity contribution in [2.24, 2.45) is 0 Å². The van der Waals surface area contributed by atoms with Crippen molar-refractivity contribution < 1.29 is 14.0 Å². The van der Waals surface area contributed by atoms with Crippen molar-refractivity contribution in [2.75, 3.05) is 17.2 Å². The molecule has 0 unspecified atom stereocenters. The minimum absolute atomic E-state index is 0.0705. The Morgan fingerprint density at radius 3 is 2.54 bits per heavy atom. The molecule has 1 heterocycles. The van der Waals surface area contributed by atoms with Crippen LogP contribution in [-0.4, -0.2) is 23.2 Å². The van der Waals surface area contributed by atoms with E-state index < -0.39 is 0 Å². The number of halogens is 1. The third-order valence-electron chi connectivity index (χ3n) is 4.21. The van der Waals surface area contributed by atoms with Gasteiger partial charge >= 0.3 is 0 Å². The van der Waals surface area contributed by atoms with Crippen LogP contribution in [0.15, 0.2) is 67.0 Å². The molecule has 1 aromatic heterocycles. The number of ketones is 1. The molecule has 142 valence electrons. The molecule has 1 amide bonds. The second-order valence-electron chi connectivity index (χ2n) is 6.32. The standard InChI is InChI=1S/C22H20FN3O2/c1-15(27)17-6-4-7-19(11-17)26-22(28)18-12-20(14-24-13-18)25-10-9-16-5-2-3-8-21(16)23/h2-8,11-14,25H,9-10H2,1H3,(H,26,28). The molecule has 6 heteroatoms. The molecular formula is C22H20FN3O2. The fourth-order valence-electron chi connectivity index (χ4n) is 2.72. The lowest BCUT2D eigenvalue weighted by Gasteiger charge is -2.09. The summed E-state index contributed by atoms with van der Waals surface area (Å²) in [5, 5.41) is 5.91. The lowest BCUT2D eigenvalue weighted by Crippen LogP contribution is -2.13. The molecule has 0 atom stereocenters. The summed E-state index contributed by atoms with van der Waals surface area (Å²) in [5.74, 6) is -0.631. The molecule has 3 aromatic rings. The monoisotopic (exact) mass is 377 g/mol. The van der Waals surface area contributed by atoms with E-state index in [-0.39, 0.29) is 17.5 Å². The van der Waals surface area contributed by atoms with Crippen molar-refractivity contribution in [3.63, 3.8) is 0 Å². The van der Waals surface area contributed by atoms with E-state index in [2.05, 4.69) is 15.6 Å². The number of hydrogen-bond donors (Lipinski definition) is 2.